The van der Waals surface area contributed by atoms with Crippen LogP contribution in [-0.2, 0) is 13.6 Å². The fourth-order valence-corrected chi connectivity index (χ4v) is 2.14. The largest absolute Gasteiger partial charge is 0.360 e. The third-order valence-electron chi connectivity index (χ3n) is 2.98. The van der Waals surface area contributed by atoms with E-state index in [4.69, 9.17) is 5.73 Å². The van der Waals surface area contributed by atoms with Gasteiger partial charge in [0.05, 0.1) is 5.69 Å². The maximum atomic E-state index is 5.79. The van der Waals surface area contributed by atoms with Gasteiger partial charge in [-0.1, -0.05) is 0 Å². The molecule has 1 rings (SSSR count). The van der Waals surface area contributed by atoms with Crippen LogP contribution < -0.4 is 10.6 Å². The van der Waals surface area contributed by atoms with Crippen LogP contribution in [0.1, 0.15) is 17.7 Å². The fourth-order valence-electron chi connectivity index (χ4n) is 2.14. The van der Waals surface area contributed by atoms with Gasteiger partial charge in [-0.3, -0.25) is 4.68 Å². The molecule has 2 N–H and O–H groups in total. The molecular formula is C12H25N5. The Morgan fingerprint density at radius 1 is 1.24 bits per heavy atom. The van der Waals surface area contributed by atoms with Gasteiger partial charge in [0.2, 0.25) is 0 Å². The summed E-state index contributed by atoms with van der Waals surface area (Å²) in [4.78, 5) is 4.44. The molecule has 0 atom stereocenters. The highest BCUT2D eigenvalue weighted by Crippen LogP contribution is 2.21. The zero-order valence-electron chi connectivity index (χ0n) is 11.7. The standard InChI is InChI=1S/C12H25N5/c1-10-11(9-13)12(17(5)14-10)16(4)8-6-7-15(2)3/h6-9,13H2,1-5H3. The van der Waals surface area contributed by atoms with Gasteiger partial charge in [-0.2, -0.15) is 5.10 Å². The molecule has 0 aromatic carbocycles. The summed E-state index contributed by atoms with van der Waals surface area (Å²) in [5.41, 5.74) is 7.98. The van der Waals surface area contributed by atoms with E-state index in [0.29, 0.717) is 6.54 Å². The SMILES string of the molecule is Cc1nn(C)c(N(C)CCCN(C)C)c1CN. The average molecular weight is 239 g/mol. The topological polar surface area (TPSA) is 50.3 Å². The number of nitrogens with two attached hydrogens (primary N) is 1. The molecule has 1 heterocycles. The van der Waals surface area contributed by atoms with Crippen molar-refractivity contribution in [3.63, 3.8) is 0 Å². The van der Waals surface area contributed by atoms with Crippen molar-refractivity contribution in [1.82, 2.24) is 14.7 Å². The third-order valence-corrected chi connectivity index (χ3v) is 2.98. The van der Waals surface area contributed by atoms with E-state index >= 15 is 0 Å². The minimum atomic E-state index is 0.549. The average Bonchev–Trinajstić information content (AvgIpc) is 2.52. The van der Waals surface area contributed by atoms with Crippen LogP contribution in [0.15, 0.2) is 0 Å². The van der Waals surface area contributed by atoms with Crippen molar-refractivity contribution < 1.29 is 0 Å². The molecule has 0 saturated carbocycles. The van der Waals surface area contributed by atoms with E-state index < -0.39 is 0 Å². The molecule has 98 valence electrons. The first-order valence-corrected chi connectivity index (χ1v) is 6.05. The number of aromatic nitrogens is 2. The van der Waals surface area contributed by atoms with Crippen LogP contribution in [0.2, 0.25) is 0 Å². The van der Waals surface area contributed by atoms with Gasteiger partial charge in [0.15, 0.2) is 0 Å². The number of aryl methyl sites for hydroxylation is 2. The summed E-state index contributed by atoms with van der Waals surface area (Å²) in [7, 11) is 8.27. The van der Waals surface area contributed by atoms with E-state index in [9.17, 15) is 0 Å². The molecule has 0 radical (unpaired) electrons. The van der Waals surface area contributed by atoms with Gasteiger partial charge in [0.1, 0.15) is 5.82 Å². The van der Waals surface area contributed by atoms with Crippen molar-refractivity contribution in [3.05, 3.63) is 11.3 Å². The molecule has 5 nitrogen and oxygen atoms in total. The molecule has 0 aliphatic carbocycles. The number of anilines is 1. The summed E-state index contributed by atoms with van der Waals surface area (Å²) in [6, 6.07) is 0. The monoisotopic (exact) mass is 239 g/mol. The molecule has 17 heavy (non-hydrogen) atoms. The molecule has 0 fully saturated rings. The molecule has 0 bridgehead atoms. The zero-order valence-corrected chi connectivity index (χ0v) is 11.7. The molecule has 0 amide bonds. The first-order valence-electron chi connectivity index (χ1n) is 6.05. The van der Waals surface area contributed by atoms with Gasteiger partial charge in [0, 0.05) is 32.7 Å². The van der Waals surface area contributed by atoms with Gasteiger partial charge in [-0.15, -0.1) is 0 Å². The summed E-state index contributed by atoms with van der Waals surface area (Å²) in [5, 5.41) is 4.43. The Kier molecular flexibility index (Phi) is 4.96. The Morgan fingerprint density at radius 2 is 1.88 bits per heavy atom. The number of rotatable bonds is 6. The number of hydrogen-bond donors (Lipinski definition) is 1. The van der Waals surface area contributed by atoms with Crippen LogP contribution in [-0.4, -0.2) is 48.9 Å². The van der Waals surface area contributed by atoms with Crippen molar-refractivity contribution in [2.24, 2.45) is 12.8 Å². The first kappa shape index (κ1) is 14.0. The Labute approximate surface area is 104 Å². The van der Waals surface area contributed by atoms with E-state index in [-0.39, 0.29) is 0 Å². The summed E-state index contributed by atoms with van der Waals surface area (Å²) >= 11 is 0. The van der Waals surface area contributed by atoms with Crippen molar-refractivity contribution >= 4 is 5.82 Å². The van der Waals surface area contributed by atoms with Gasteiger partial charge >= 0.3 is 0 Å². The normalized spacial score (nSPS) is 11.2. The lowest BCUT2D eigenvalue weighted by Gasteiger charge is -2.21. The van der Waals surface area contributed by atoms with Crippen molar-refractivity contribution in [2.75, 3.05) is 39.1 Å². The maximum absolute atomic E-state index is 5.79. The Balaban J connectivity index is 2.71. The highest BCUT2D eigenvalue weighted by molar-refractivity contribution is 5.49. The van der Waals surface area contributed by atoms with Crippen molar-refractivity contribution in [1.29, 1.82) is 0 Å². The number of hydrogen-bond acceptors (Lipinski definition) is 4. The zero-order chi connectivity index (χ0) is 13.0. The summed E-state index contributed by atoms with van der Waals surface area (Å²) in [6.07, 6.45) is 1.14. The van der Waals surface area contributed by atoms with Crippen LogP contribution in [0.3, 0.4) is 0 Å². The summed E-state index contributed by atoms with van der Waals surface area (Å²) in [5.74, 6) is 1.14. The van der Waals surface area contributed by atoms with Gasteiger partial charge in [0.25, 0.3) is 0 Å². The lowest BCUT2D eigenvalue weighted by atomic mass is 10.2. The molecule has 5 heteroatoms. The Hall–Kier alpha value is -1.07. The Bertz CT molecular complexity index is 356. The lowest BCUT2D eigenvalue weighted by Crippen LogP contribution is -2.26. The van der Waals surface area contributed by atoms with Crippen LogP contribution in [0.4, 0.5) is 5.82 Å². The first-order chi connectivity index (χ1) is 7.97. The maximum Gasteiger partial charge on any atom is 0.131 e. The molecule has 1 aromatic rings. The quantitative estimate of drug-likeness (QED) is 0.789. The second-order valence-corrected chi connectivity index (χ2v) is 4.79. The summed E-state index contributed by atoms with van der Waals surface area (Å²) in [6.45, 7) is 4.68. The Morgan fingerprint density at radius 3 is 2.41 bits per heavy atom. The van der Waals surface area contributed by atoms with E-state index in [1.807, 2.05) is 18.7 Å². The van der Waals surface area contributed by atoms with Crippen LogP contribution >= 0.6 is 0 Å². The lowest BCUT2D eigenvalue weighted by molar-refractivity contribution is 0.401. The highest BCUT2D eigenvalue weighted by Gasteiger charge is 2.15. The van der Waals surface area contributed by atoms with E-state index in [0.717, 1.165) is 36.6 Å². The van der Waals surface area contributed by atoms with E-state index in [2.05, 4.69) is 36.0 Å². The van der Waals surface area contributed by atoms with Crippen molar-refractivity contribution in [2.45, 2.75) is 19.9 Å². The van der Waals surface area contributed by atoms with E-state index in [1.165, 1.54) is 0 Å². The van der Waals surface area contributed by atoms with Gasteiger partial charge < -0.3 is 15.5 Å². The van der Waals surface area contributed by atoms with Crippen LogP contribution in [0.5, 0.6) is 0 Å². The number of nitrogens with zero attached hydrogens (tertiary/aromatic N) is 4. The van der Waals surface area contributed by atoms with E-state index in [1.54, 1.807) is 0 Å². The van der Waals surface area contributed by atoms with Crippen LogP contribution in [0, 0.1) is 6.92 Å². The predicted octanol–water partition coefficient (Wildman–Crippen LogP) is 0.575. The smallest absolute Gasteiger partial charge is 0.131 e. The minimum Gasteiger partial charge on any atom is -0.360 e. The minimum absolute atomic E-state index is 0.549. The molecule has 1 aromatic heterocycles. The second-order valence-electron chi connectivity index (χ2n) is 4.79. The van der Waals surface area contributed by atoms with Gasteiger partial charge in [-0.25, -0.2) is 0 Å². The molecule has 0 aliphatic heterocycles. The van der Waals surface area contributed by atoms with Gasteiger partial charge in [-0.05, 0) is 34.0 Å². The highest BCUT2D eigenvalue weighted by atomic mass is 15.4. The second kappa shape index (κ2) is 6.02. The molecule has 0 saturated heterocycles. The summed E-state index contributed by atoms with van der Waals surface area (Å²) < 4.78 is 1.92. The van der Waals surface area contributed by atoms with Crippen LogP contribution in [0.25, 0.3) is 0 Å². The predicted molar refractivity (Wildman–Crippen MR) is 72.3 cm³/mol. The molecule has 0 unspecified atom stereocenters. The fraction of sp³-hybridized carbons (Fsp3) is 0.750. The third kappa shape index (κ3) is 3.44. The molecule has 0 aliphatic rings. The molecule has 0 spiro atoms. The van der Waals surface area contributed by atoms with Crippen molar-refractivity contribution in [3.8, 4) is 0 Å². The molecular weight excluding hydrogens is 214 g/mol.